The topological polar surface area (TPSA) is 41.5 Å². The highest BCUT2D eigenvalue weighted by Crippen LogP contribution is 2.41. The average molecular weight is 296 g/mol. The van der Waals surface area contributed by atoms with Gasteiger partial charge in [0.05, 0.1) is 23.3 Å². The van der Waals surface area contributed by atoms with Gasteiger partial charge in [-0.2, -0.15) is 0 Å². The van der Waals surface area contributed by atoms with E-state index in [9.17, 15) is 4.79 Å². The number of fused-ring (bicyclic) bond motifs is 2. The van der Waals surface area contributed by atoms with E-state index in [2.05, 4.69) is 16.8 Å². The van der Waals surface area contributed by atoms with Crippen LogP contribution < -0.4 is 5.32 Å². The number of thiophene rings is 1. The molecule has 4 heteroatoms. The van der Waals surface area contributed by atoms with Crippen molar-refractivity contribution in [2.45, 2.75) is 25.3 Å². The summed E-state index contributed by atoms with van der Waals surface area (Å²) in [6.07, 6.45) is 2.52. The Morgan fingerprint density at radius 1 is 1.14 bits per heavy atom. The van der Waals surface area contributed by atoms with Crippen LogP contribution >= 0.6 is 11.3 Å². The predicted octanol–water partition coefficient (Wildman–Crippen LogP) is 4.36. The van der Waals surface area contributed by atoms with Crippen molar-refractivity contribution < 1.29 is 4.79 Å². The van der Waals surface area contributed by atoms with Crippen molar-refractivity contribution in [3.8, 4) is 0 Å². The van der Waals surface area contributed by atoms with Gasteiger partial charge in [-0.25, -0.2) is 0 Å². The number of anilines is 1. The largest absolute Gasteiger partial charge is 0.375 e. The number of carbonyl (C=O) groups excluding carboxylic acids is 1. The van der Waals surface area contributed by atoms with Crippen LogP contribution in [0.2, 0.25) is 0 Å². The first-order valence-corrected chi connectivity index (χ1v) is 8.20. The first-order valence-electron chi connectivity index (χ1n) is 7.32. The van der Waals surface area contributed by atoms with Gasteiger partial charge < -0.3 is 5.32 Å². The Bertz CT molecular complexity index is 705. The fraction of sp³-hybridized carbons (Fsp3) is 0.294. The molecule has 1 aromatic heterocycles. The Morgan fingerprint density at radius 2 is 2.05 bits per heavy atom. The smallest absolute Gasteiger partial charge is 0.144 e. The Labute approximate surface area is 127 Å². The number of benzene rings is 1. The highest BCUT2D eigenvalue weighted by Gasteiger charge is 2.38. The molecule has 1 aromatic carbocycles. The molecule has 1 N–H and O–H groups in total. The molecule has 1 aliphatic carbocycles. The summed E-state index contributed by atoms with van der Waals surface area (Å²) in [6, 6.07) is 12.2. The quantitative estimate of drug-likeness (QED) is 0.849. The van der Waals surface area contributed by atoms with E-state index < -0.39 is 0 Å². The second kappa shape index (κ2) is 5.11. The van der Waals surface area contributed by atoms with Gasteiger partial charge in [-0.15, -0.1) is 11.3 Å². The van der Waals surface area contributed by atoms with Crippen LogP contribution in [0.5, 0.6) is 0 Å². The van der Waals surface area contributed by atoms with E-state index in [-0.39, 0.29) is 12.0 Å². The average Bonchev–Trinajstić information content (AvgIpc) is 2.96. The van der Waals surface area contributed by atoms with Crippen molar-refractivity contribution in [1.82, 2.24) is 0 Å². The molecule has 2 heterocycles. The van der Waals surface area contributed by atoms with Crippen molar-refractivity contribution in [1.29, 1.82) is 0 Å². The van der Waals surface area contributed by atoms with Crippen LogP contribution in [0.4, 0.5) is 11.4 Å². The lowest BCUT2D eigenvalue weighted by molar-refractivity contribution is -0.121. The lowest BCUT2D eigenvalue weighted by atomic mass is 9.80. The molecule has 2 aromatic rings. The molecule has 0 bridgehead atoms. The Balaban J connectivity index is 1.87. The summed E-state index contributed by atoms with van der Waals surface area (Å²) in [5, 5.41) is 5.63. The maximum Gasteiger partial charge on any atom is 0.144 e. The Morgan fingerprint density at radius 3 is 2.90 bits per heavy atom. The van der Waals surface area contributed by atoms with Gasteiger partial charge in [-0.1, -0.05) is 18.2 Å². The highest BCUT2D eigenvalue weighted by molar-refractivity contribution is 7.10. The van der Waals surface area contributed by atoms with Crippen LogP contribution in [-0.2, 0) is 4.79 Å². The molecular weight excluding hydrogens is 280 g/mol. The van der Waals surface area contributed by atoms with Crippen LogP contribution in [-0.4, -0.2) is 11.5 Å². The molecule has 1 aliphatic heterocycles. The van der Waals surface area contributed by atoms with Crippen molar-refractivity contribution in [3.63, 3.8) is 0 Å². The zero-order valence-corrected chi connectivity index (χ0v) is 12.4. The molecule has 1 saturated carbocycles. The molecule has 4 rings (SSSR count). The fourth-order valence-corrected chi connectivity index (χ4v) is 4.06. The summed E-state index contributed by atoms with van der Waals surface area (Å²) in [4.78, 5) is 18.5. The molecule has 2 atom stereocenters. The number of nitrogens with one attached hydrogen (secondary N) is 1. The number of hydrogen-bond donors (Lipinski definition) is 1. The van der Waals surface area contributed by atoms with Gasteiger partial charge in [0.1, 0.15) is 5.78 Å². The van der Waals surface area contributed by atoms with E-state index in [0.29, 0.717) is 12.2 Å². The van der Waals surface area contributed by atoms with E-state index >= 15 is 0 Å². The SMILES string of the molecule is O=C1CCCC2=Nc3ccccc3NC(c3cccs3)C12. The third kappa shape index (κ3) is 2.20. The number of hydrogen-bond acceptors (Lipinski definition) is 4. The van der Waals surface area contributed by atoms with Gasteiger partial charge in [0.25, 0.3) is 0 Å². The van der Waals surface area contributed by atoms with Crippen molar-refractivity contribution >= 4 is 34.2 Å². The third-order valence-corrected chi connectivity index (χ3v) is 5.18. The standard InChI is InChI=1S/C17H16N2OS/c20-14-8-3-7-13-16(14)17(15-9-4-10-21-15)19-12-6-2-1-5-11(12)18-13/h1-2,4-6,9-10,16-17,19H,3,7-8H2. The van der Waals surface area contributed by atoms with E-state index in [1.165, 1.54) is 4.88 Å². The minimum absolute atomic E-state index is 0.0141. The summed E-state index contributed by atoms with van der Waals surface area (Å²) in [6.45, 7) is 0. The normalized spacial score (nSPS) is 24.4. The number of aliphatic imine (C=N–C) groups is 1. The number of nitrogens with zero attached hydrogens (tertiary/aromatic N) is 1. The van der Waals surface area contributed by atoms with E-state index in [1.54, 1.807) is 11.3 Å². The van der Waals surface area contributed by atoms with Gasteiger partial charge in [-0.05, 0) is 36.4 Å². The summed E-state index contributed by atoms with van der Waals surface area (Å²) in [5.41, 5.74) is 3.01. The first kappa shape index (κ1) is 12.8. The van der Waals surface area contributed by atoms with Crippen LogP contribution in [0.3, 0.4) is 0 Å². The predicted molar refractivity (Wildman–Crippen MR) is 86.6 cm³/mol. The first-order chi connectivity index (χ1) is 10.3. The van der Waals surface area contributed by atoms with E-state index in [1.807, 2.05) is 30.3 Å². The number of para-hydroxylation sites is 2. The zero-order chi connectivity index (χ0) is 14.2. The van der Waals surface area contributed by atoms with E-state index in [0.717, 1.165) is 29.9 Å². The highest BCUT2D eigenvalue weighted by atomic mass is 32.1. The van der Waals surface area contributed by atoms with Crippen molar-refractivity contribution in [3.05, 3.63) is 46.7 Å². The number of rotatable bonds is 1. The second-order valence-corrected chi connectivity index (χ2v) is 6.53. The molecule has 0 spiro atoms. The van der Waals surface area contributed by atoms with Gasteiger partial charge >= 0.3 is 0 Å². The Hall–Kier alpha value is -1.94. The minimum Gasteiger partial charge on any atom is -0.375 e. The number of ketones is 1. The second-order valence-electron chi connectivity index (χ2n) is 5.56. The molecule has 106 valence electrons. The molecule has 0 saturated heterocycles. The van der Waals surface area contributed by atoms with Gasteiger partial charge in [0.2, 0.25) is 0 Å². The summed E-state index contributed by atoms with van der Waals surface area (Å²) in [5.74, 6) is 0.198. The maximum atomic E-state index is 12.5. The van der Waals surface area contributed by atoms with E-state index in [4.69, 9.17) is 4.99 Å². The summed E-state index contributed by atoms with van der Waals surface area (Å²) in [7, 11) is 0. The number of Topliss-reactive ketones (excluding diaryl/α,β-unsaturated/α-hetero) is 1. The van der Waals surface area contributed by atoms with Crippen LogP contribution in [0.1, 0.15) is 30.2 Å². The van der Waals surface area contributed by atoms with Crippen LogP contribution in [0.15, 0.2) is 46.8 Å². The molecule has 2 unspecified atom stereocenters. The summed E-state index contributed by atoms with van der Waals surface area (Å²) >= 11 is 1.70. The number of carbonyl (C=O) groups is 1. The molecule has 0 amide bonds. The molecule has 0 radical (unpaired) electrons. The molecule has 3 nitrogen and oxygen atoms in total. The van der Waals surface area contributed by atoms with Gasteiger partial charge in [-0.3, -0.25) is 9.79 Å². The zero-order valence-electron chi connectivity index (χ0n) is 11.6. The van der Waals surface area contributed by atoms with Crippen molar-refractivity contribution in [2.24, 2.45) is 10.9 Å². The lowest BCUT2D eigenvalue weighted by Crippen LogP contribution is -2.35. The van der Waals surface area contributed by atoms with Crippen LogP contribution in [0, 0.1) is 5.92 Å². The lowest BCUT2D eigenvalue weighted by Gasteiger charge is -2.29. The molecule has 21 heavy (non-hydrogen) atoms. The third-order valence-electron chi connectivity index (χ3n) is 4.22. The minimum atomic E-state index is -0.121. The monoisotopic (exact) mass is 296 g/mol. The molecular formula is C17H16N2OS. The van der Waals surface area contributed by atoms with Gasteiger partial charge in [0.15, 0.2) is 0 Å². The van der Waals surface area contributed by atoms with Gasteiger partial charge in [0, 0.05) is 17.0 Å². The molecule has 2 aliphatic rings. The van der Waals surface area contributed by atoms with Crippen molar-refractivity contribution in [2.75, 3.05) is 5.32 Å². The molecule has 1 fully saturated rings. The Kier molecular flexibility index (Phi) is 3.11. The van der Waals surface area contributed by atoms with Crippen LogP contribution in [0.25, 0.3) is 0 Å². The fourth-order valence-electron chi connectivity index (χ4n) is 3.25. The maximum absolute atomic E-state index is 12.5. The summed E-state index contributed by atoms with van der Waals surface area (Å²) < 4.78 is 0.